The molecule has 92 valence electrons. The van der Waals surface area contributed by atoms with Crippen molar-refractivity contribution in [3.05, 3.63) is 35.9 Å². The van der Waals surface area contributed by atoms with Gasteiger partial charge in [0.1, 0.15) is 12.4 Å². The molecule has 4 nitrogen and oxygen atoms in total. The van der Waals surface area contributed by atoms with Crippen LogP contribution in [0.25, 0.3) is 0 Å². The van der Waals surface area contributed by atoms with Gasteiger partial charge in [0.15, 0.2) is 0 Å². The van der Waals surface area contributed by atoms with Gasteiger partial charge in [0, 0.05) is 19.4 Å². The lowest BCUT2D eigenvalue weighted by Gasteiger charge is -2.06. The van der Waals surface area contributed by atoms with Crippen LogP contribution in [-0.2, 0) is 16.1 Å². The lowest BCUT2D eigenvalue weighted by molar-refractivity contribution is -0.118. The van der Waals surface area contributed by atoms with Gasteiger partial charge in [-0.25, -0.2) is 4.79 Å². The minimum Gasteiger partial charge on any atom is -0.445 e. The molecule has 0 spiro atoms. The zero-order chi connectivity index (χ0) is 12.5. The number of ether oxygens (including phenoxy) is 1. The van der Waals surface area contributed by atoms with Gasteiger partial charge < -0.3 is 10.1 Å². The fourth-order valence-electron chi connectivity index (χ4n) is 1.25. The maximum absolute atomic E-state index is 11.2. The van der Waals surface area contributed by atoms with Crippen molar-refractivity contribution in [1.29, 1.82) is 0 Å². The first-order valence-corrected chi connectivity index (χ1v) is 5.68. The van der Waals surface area contributed by atoms with Gasteiger partial charge in [-0.05, 0) is 5.56 Å². The first-order chi connectivity index (χ1) is 8.22. The van der Waals surface area contributed by atoms with E-state index in [4.69, 9.17) is 4.74 Å². The summed E-state index contributed by atoms with van der Waals surface area (Å²) in [7, 11) is 0. The van der Waals surface area contributed by atoms with Gasteiger partial charge >= 0.3 is 6.09 Å². The average Bonchev–Trinajstić information content (AvgIpc) is 2.37. The van der Waals surface area contributed by atoms with Crippen molar-refractivity contribution in [3.8, 4) is 0 Å². The van der Waals surface area contributed by atoms with E-state index in [0.29, 0.717) is 19.4 Å². The lowest BCUT2D eigenvalue weighted by Crippen LogP contribution is -2.26. The van der Waals surface area contributed by atoms with E-state index < -0.39 is 6.09 Å². The summed E-state index contributed by atoms with van der Waals surface area (Å²) in [6, 6.07) is 9.44. The Hall–Kier alpha value is -1.84. The highest BCUT2D eigenvalue weighted by Gasteiger charge is 2.03. The van der Waals surface area contributed by atoms with Crippen LogP contribution in [0.5, 0.6) is 0 Å². The zero-order valence-corrected chi connectivity index (χ0v) is 9.94. The average molecular weight is 235 g/mol. The van der Waals surface area contributed by atoms with Crippen molar-refractivity contribution in [1.82, 2.24) is 5.32 Å². The summed E-state index contributed by atoms with van der Waals surface area (Å²) < 4.78 is 4.98. The number of hydrogen-bond acceptors (Lipinski definition) is 3. The minimum atomic E-state index is -0.488. The Morgan fingerprint density at radius 3 is 2.59 bits per heavy atom. The largest absolute Gasteiger partial charge is 0.445 e. The second-order valence-corrected chi connectivity index (χ2v) is 3.63. The summed E-state index contributed by atoms with van der Waals surface area (Å²) in [4.78, 5) is 22.2. The molecule has 17 heavy (non-hydrogen) atoms. The third-order valence-electron chi connectivity index (χ3n) is 2.28. The predicted octanol–water partition coefficient (Wildman–Crippen LogP) is 2.28. The number of carbonyl (C=O) groups is 2. The highest BCUT2D eigenvalue weighted by molar-refractivity contribution is 5.78. The molecule has 0 aliphatic carbocycles. The second-order valence-electron chi connectivity index (χ2n) is 3.63. The first kappa shape index (κ1) is 13.2. The van der Waals surface area contributed by atoms with Gasteiger partial charge in [-0.2, -0.15) is 0 Å². The number of alkyl carbamates (subject to hydrolysis) is 1. The summed E-state index contributed by atoms with van der Waals surface area (Å²) in [5.41, 5.74) is 0.937. The molecule has 0 aromatic heterocycles. The highest BCUT2D eigenvalue weighted by atomic mass is 16.5. The molecule has 4 heteroatoms. The van der Waals surface area contributed by atoms with Crippen molar-refractivity contribution in [3.63, 3.8) is 0 Å². The second kappa shape index (κ2) is 7.44. The van der Waals surface area contributed by atoms with E-state index in [9.17, 15) is 9.59 Å². The molecule has 0 aliphatic heterocycles. The number of ketones is 1. The fraction of sp³-hybridized carbons (Fsp3) is 0.385. The Labute approximate surface area is 101 Å². The van der Waals surface area contributed by atoms with Crippen LogP contribution < -0.4 is 5.32 Å². The van der Waals surface area contributed by atoms with E-state index in [2.05, 4.69) is 5.32 Å². The Balaban J connectivity index is 2.16. The highest BCUT2D eigenvalue weighted by Crippen LogP contribution is 2.00. The van der Waals surface area contributed by atoms with Gasteiger partial charge in [-0.3, -0.25) is 4.79 Å². The summed E-state index contributed by atoms with van der Waals surface area (Å²) in [5.74, 6) is 0.133. The maximum atomic E-state index is 11.2. The van der Waals surface area contributed by atoms with E-state index in [1.165, 1.54) is 0 Å². The molecule has 0 atom stereocenters. The summed E-state index contributed by atoms with van der Waals surface area (Å²) in [6.45, 7) is 2.38. The number of Topliss-reactive ketones (excluding diaryl/α,β-unsaturated/α-hetero) is 1. The number of nitrogens with one attached hydrogen (secondary N) is 1. The SMILES string of the molecule is CCC(=O)CCNC(=O)OCc1ccccc1. The first-order valence-electron chi connectivity index (χ1n) is 5.68. The fourth-order valence-corrected chi connectivity index (χ4v) is 1.25. The molecule has 1 amide bonds. The van der Waals surface area contributed by atoms with Crippen LogP contribution in [-0.4, -0.2) is 18.4 Å². The molecule has 1 rings (SSSR count). The molecule has 1 aromatic rings. The maximum Gasteiger partial charge on any atom is 0.407 e. The Kier molecular flexibility index (Phi) is 5.79. The molecule has 0 bridgehead atoms. The topological polar surface area (TPSA) is 55.4 Å². The summed E-state index contributed by atoms with van der Waals surface area (Å²) in [6.07, 6.45) is 0.371. The van der Waals surface area contributed by atoms with Gasteiger partial charge in [0.05, 0.1) is 0 Å². The molecule has 1 aromatic carbocycles. The third-order valence-corrected chi connectivity index (χ3v) is 2.28. The molecule has 0 radical (unpaired) electrons. The van der Waals surface area contributed by atoms with Gasteiger partial charge in [0.2, 0.25) is 0 Å². The molecule has 1 N–H and O–H groups in total. The summed E-state index contributed by atoms with van der Waals surface area (Å²) >= 11 is 0. The van der Waals surface area contributed by atoms with E-state index in [0.717, 1.165) is 5.56 Å². The van der Waals surface area contributed by atoms with Crippen LogP contribution >= 0.6 is 0 Å². The smallest absolute Gasteiger partial charge is 0.407 e. The van der Waals surface area contributed by atoms with Crippen molar-refractivity contribution >= 4 is 11.9 Å². The Bertz CT molecular complexity index is 362. The normalized spacial score (nSPS) is 9.71. The lowest BCUT2D eigenvalue weighted by atomic mass is 10.2. The van der Waals surface area contributed by atoms with Gasteiger partial charge in [0.25, 0.3) is 0 Å². The quantitative estimate of drug-likeness (QED) is 0.823. The summed E-state index contributed by atoms with van der Waals surface area (Å²) in [5, 5.41) is 2.54. The third kappa shape index (κ3) is 5.70. The van der Waals surface area contributed by atoms with E-state index in [1.807, 2.05) is 30.3 Å². The number of hydrogen-bond donors (Lipinski definition) is 1. The van der Waals surface area contributed by atoms with Crippen molar-refractivity contribution in [2.24, 2.45) is 0 Å². The Morgan fingerprint density at radius 2 is 1.94 bits per heavy atom. The van der Waals surface area contributed by atoms with Crippen molar-refractivity contribution in [2.45, 2.75) is 26.4 Å². The van der Waals surface area contributed by atoms with Crippen LogP contribution in [0.4, 0.5) is 4.79 Å². The van der Waals surface area contributed by atoms with Gasteiger partial charge in [-0.1, -0.05) is 37.3 Å². The minimum absolute atomic E-state index is 0.133. The molecule has 0 saturated carbocycles. The number of rotatable bonds is 6. The Morgan fingerprint density at radius 1 is 1.24 bits per heavy atom. The van der Waals surface area contributed by atoms with Crippen LogP contribution in [0.3, 0.4) is 0 Å². The van der Waals surface area contributed by atoms with Crippen LogP contribution in [0, 0.1) is 0 Å². The standard InChI is InChI=1S/C13H17NO3/c1-2-12(15)8-9-14-13(16)17-10-11-6-4-3-5-7-11/h3-7H,2,8-10H2,1H3,(H,14,16). The molecule has 0 heterocycles. The monoisotopic (exact) mass is 235 g/mol. The van der Waals surface area contributed by atoms with E-state index in [1.54, 1.807) is 6.92 Å². The molecule has 0 aliphatic rings. The predicted molar refractivity (Wildman–Crippen MR) is 64.5 cm³/mol. The zero-order valence-electron chi connectivity index (χ0n) is 9.94. The van der Waals surface area contributed by atoms with E-state index >= 15 is 0 Å². The molecular weight excluding hydrogens is 218 g/mol. The molecule has 0 unspecified atom stereocenters. The molecule has 0 fully saturated rings. The number of carbonyl (C=O) groups excluding carboxylic acids is 2. The van der Waals surface area contributed by atoms with E-state index in [-0.39, 0.29) is 12.4 Å². The number of benzene rings is 1. The van der Waals surface area contributed by atoms with Gasteiger partial charge in [-0.15, -0.1) is 0 Å². The van der Waals surface area contributed by atoms with Crippen molar-refractivity contribution < 1.29 is 14.3 Å². The van der Waals surface area contributed by atoms with Crippen LogP contribution in [0.15, 0.2) is 30.3 Å². The molecule has 0 saturated heterocycles. The van der Waals surface area contributed by atoms with Crippen molar-refractivity contribution in [2.75, 3.05) is 6.54 Å². The van der Waals surface area contributed by atoms with Crippen LogP contribution in [0.2, 0.25) is 0 Å². The van der Waals surface area contributed by atoms with Crippen LogP contribution in [0.1, 0.15) is 25.3 Å². The number of amides is 1. The molecular formula is C13H17NO3.